The van der Waals surface area contributed by atoms with E-state index in [9.17, 15) is 19.3 Å². The second-order valence-electron chi connectivity index (χ2n) is 6.74. The molecule has 1 aromatic heterocycles. The number of aromatic nitrogens is 1. The molecule has 0 radical (unpaired) electrons. The summed E-state index contributed by atoms with van der Waals surface area (Å²) >= 11 is 0. The van der Waals surface area contributed by atoms with Gasteiger partial charge in [-0.3, -0.25) is 14.9 Å². The van der Waals surface area contributed by atoms with Crippen LogP contribution in [-0.2, 0) is 0 Å². The summed E-state index contributed by atoms with van der Waals surface area (Å²) in [6.45, 7) is 1.58. The number of carbonyl (C=O) groups excluding carboxylic acids is 1. The standard InChI is InChI=1S/C20H19FN4O4/c21-13-29-17-4-1-15(2-5-17)23-7-9-24(10-8-23)20(26)19-12-14-11-16(25(27)28)3-6-18(14)22-19/h1-6,11-12,22H,7-10,13H2. The number of carbonyl (C=O) groups is 1. The monoisotopic (exact) mass is 398 g/mol. The largest absolute Gasteiger partial charge is 0.463 e. The molecule has 0 aliphatic carbocycles. The quantitative estimate of drug-likeness (QED) is 0.526. The van der Waals surface area contributed by atoms with Gasteiger partial charge in [0.25, 0.3) is 11.6 Å². The van der Waals surface area contributed by atoms with Crippen molar-refractivity contribution in [1.82, 2.24) is 9.88 Å². The number of fused-ring (bicyclic) bond motifs is 1. The predicted octanol–water partition coefficient (Wildman–Crippen LogP) is 3.34. The number of nitrogens with one attached hydrogen (secondary N) is 1. The zero-order valence-electron chi connectivity index (χ0n) is 15.5. The molecule has 3 aromatic rings. The first-order chi connectivity index (χ1) is 14.0. The van der Waals surface area contributed by atoms with Gasteiger partial charge in [-0.15, -0.1) is 0 Å². The van der Waals surface area contributed by atoms with Crippen LogP contribution in [0.25, 0.3) is 10.9 Å². The third-order valence-electron chi connectivity index (χ3n) is 5.04. The molecule has 1 aliphatic heterocycles. The number of nitro groups is 1. The number of benzene rings is 2. The molecule has 9 heteroatoms. The minimum Gasteiger partial charge on any atom is -0.463 e. The molecule has 2 heterocycles. The molecule has 8 nitrogen and oxygen atoms in total. The van der Waals surface area contributed by atoms with Crippen molar-refractivity contribution in [3.8, 4) is 5.75 Å². The molecule has 0 bridgehead atoms. The fraction of sp³-hybridized carbons (Fsp3) is 0.250. The number of piperazine rings is 1. The molecule has 0 atom stereocenters. The Morgan fingerprint density at radius 3 is 2.48 bits per heavy atom. The van der Waals surface area contributed by atoms with Crippen LogP contribution in [0.15, 0.2) is 48.5 Å². The number of rotatable bonds is 5. The summed E-state index contributed by atoms with van der Waals surface area (Å²) in [5, 5.41) is 11.6. The Morgan fingerprint density at radius 2 is 1.83 bits per heavy atom. The lowest BCUT2D eigenvalue weighted by Gasteiger charge is -2.36. The van der Waals surface area contributed by atoms with Gasteiger partial charge in [0.2, 0.25) is 6.86 Å². The average Bonchev–Trinajstić information content (AvgIpc) is 3.17. The van der Waals surface area contributed by atoms with Crippen molar-refractivity contribution >= 4 is 28.2 Å². The molecule has 1 amide bonds. The lowest BCUT2D eigenvalue weighted by molar-refractivity contribution is -0.384. The molecule has 1 N–H and O–H groups in total. The van der Waals surface area contributed by atoms with E-state index >= 15 is 0 Å². The third kappa shape index (κ3) is 3.84. The fourth-order valence-corrected chi connectivity index (χ4v) is 3.50. The molecular weight excluding hydrogens is 379 g/mol. The lowest BCUT2D eigenvalue weighted by atomic mass is 10.2. The van der Waals surface area contributed by atoms with Crippen molar-refractivity contribution in [2.75, 3.05) is 37.9 Å². The summed E-state index contributed by atoms with van der Waals surface area (Å²) in [4.78, 5) is 30.3. The van der Waals surface area contributed by atoms with Crippen molar-refractivity contribution in [2.45, 2.75) is 0 Å². The highest BCUT2D eigenvalue weighted by molar-refractivity contribution is 5.98. The Balaban J connectivity index is 1.42. The molecule has 0 spiro atoms. The Morgan fingerprint density at radius 1 is 1.10 bits per heavy atom. The van der Waals surface area contributed by atoms with Gasteiger partial charge in [0.15, 0.2) is 0 Å². The molecule has 1 aliphatic rings. The van der Waals surface area contributed by atoms with Gasteiger partial charge >= 0.3 is 0 Å². The van der Waals surface area contributed by atoms with E-state index in [-0.39, 0.29) is 11.6 Å². The van der Waals surface area contributed by atoms with Gasteiger partial charge in [-0.05, 0) is 36.4 Å². The first kappa shape index (κ1) is 18.7. The SMILES string of the molecule is O=C(c1cc2cc([N+](=O)[O-])ccc2[nH]1)N1CCN(c2ccc(OCF)cc2)CC1. The van der Waals surface area contributed by atoms with Gasteiger partial charge in [0.05, 0.1) is 4.92 Å². The van der Waals surface area contributed by atoms with E-state index in [2.05, 4.69) is 9.88 Å². The number of hydrogen-bond donors (Lipinski definition) is 1. The number of alkyl halides is 1. The highest BCUT2D eigenvalue weighted by Crippen LogP contribution is 2.24. The van der Waals surface area contributed by atoms with Gasteiger partial charge < -0.3 is 19.5 Å². The summed E-state index contributed by atoms with van der Waals surface area (Å²) in [5.41, 5.74) is 2.09. The fourth-order valence-electron chi connectivity index (χ4n) is 3.50. The van der Waals surface area contributed by atoms with E-state index < -0.39 is 11.8 Å². The number of non-ortho nitro benzene ring substituents is 1. The van der Waals surface area contributed by atoms with Crippen molar-refractivity contribution in [2.24, 2.45) is 0 Å². The van der Waals surface area contributed by atoms with Crippen LogP contribution in [0.1, 0.15) is 10.5 Å². The Hall–Kier alpha value is -3.62. The van der Waals surface area contributed by atoms with Crippen LogP contribution in [0.2, 0.25) is 0 Å². The molecule has 1 saturated heterocycles. The Bertz CT molecular complexity index is 1040. The molecule has 4 rings (SSSR count). The maximum Gasteiger partial charge on any atom is 0.270 e. The normalized spacial score (nSPS) is 14.2. The number of H-pyrrole nitrogens is 1. The number of nitro benzene ring substituents is 1. The number of nitrogens with zero attached hydrogens (tertiary/aromatic N) is 3. The number of halogens is 1. The highest BCUT2D eigenvalue weighted by Gasteiger charge is 2.24. The number of amides is 1. The van der Waals surface area contributed by atoms with E-state index in [0.717, 1.165) is 5.69 Å². The maximum atomic E-state index is 12.8. The second kappa shape index (κ2) is 7.78. The van der Waals surface area contributed by atoms with E-state index in [1.54, 1.807) is 29.2 Å². The average molecular weight is 398 g/mol. The van der Waals surface area contributed by atoms with Crippen LogP contribution >= 0.6 is 0 Å². The minimum atomic E-state index is -0.860. The van der Waals surface area contributed by atoms with Crippen LogP contribution in [0.5, 0.6) is 5.75 Å². The van der Waals surface area contributed by atoms with Gasteiger partial charge in [-0.1, -0.05) is 0 Å². The second-order valence-corrected chi connectivity index (χ2v) is 6.74. The molecule has 0 saturated carbocycles. The molecular formula is C20H19FN4O4. The van der Waals surface area contributed by atoms with Gasteiger partial charge in [-0.2, -0.15) is 0 Å². The minimum absolute atomic E-state index is 0.00736. The van der Waals surface area contributed by atoms with E-state index in [4.69, 9.17) is 4.74 Å². The van der Waals surface area contributed by atoms with Crippen LogP contribution in [0.3, 0.4) is 0 Å². The van der Waals surface area contributed by atoms with Crippen molar-refractivity contribution < 1.29 is 18.8 Å². The third-order valence-corrected chi connectivity index (χ3v) is 5.04. The predicted molar refractivity (Wildman–Crippen MR) is 106 cm³/mol. The first-order valence-corrected chi connectivity index (χ1v) is 9.15. The van der Waals surface area contributed by atoms with Crippen LogP contribution in [-0.4, -0.2) is 53.8 Å². The van der Waals surface area contributed by atoms with E-state index in [0.29, 0.717) is 48.5 Å². The van der Waals surface area contributed by atoms with E-state index in [1.165, 1.54) is 12.1 Å². The Labute approximate surface area is 165 Å². The number of ether oxygens (including phenoxy) is 1. The summed E-state index contributed by atoms with van der Waals surface area (Å²) < 4.78 is 17.0. The number of hydrogen-bond acceptors (Lipinski definition) is 5. The van der Waals surface area contributed by atoms with Crippen molar-refractivity contribution in [3.05, 3.63) is 64.3 Å². The van der Waals surface area contributed by atoms with Crippen molar-refractivity contribution in [1.29, 1.82) is 0 Å². The van der Waals surface area contributed by atoms with Crippen LogP contribution in [0.4, 0.5) is 15.8 Å². The van der Waals surface area contributed by atoms with Crippen LogP contribution in [0, 0.1) is 10.1 Å². The smallest absolute Gasteiger partial charge is 0.270 e. The summed E-state index contributed by atoms with van der Waals surface area (Å²) in [5.74, 6) is 0.347. The zero-order valence-corrected chi connectivity index (χ0v) is 15.5. The summed E-state index contributed by atoms with van der Waals surface area (Å²) in [6.07, 6.45) is 0. The highest BCUT2D eigenvalue weighted by atomic mass is 19.1. The first-order valence-electron chi connectivity index (χ1n) is 9.15. The lowest BCUT2D eigenvalue weighted by Crippen LogP contribution is -2.48. The molecule has 29 heavy (non-hydrogen) atoms. The van der Waals surface area contributed by atoms with Gasteiger partial charge in [0.1, 0.15) is 11.4 Å². The maximum absolute atomic E-state index is 12.8. The molecule has 150 valence electrons. The van der Waals surface area contributed by atoms with Crippen LogP contribution < -0.4 is 9.64 Å². The zero-order chi connectivity index (χ0) is 20.4. The van der Waals surface area contributed by atoms with Gasteiger partial charge in [0, 0.05) is 54.9 Å². The number of aromatic amines is 1. The summed E-state index contributed by atoms with van der Waals surface area (Å²) in [6, 6.07) is 13.3. The molecule has 2 aromatic carbocycles. The Kier molecular flexibility index (Phi) is 5.03. The molecule has 0 unspecified atom stereocenters. The summed E-state index contributed by atoms with van der Waals surface area (Å²) in [7, 11) is 0. The van der Waals surface area contributed by atoms with E-state index in [1.807, 2.05) is 12.1 Å². The van der Waals surface area contributed by atoms with Crippen molar-refractivity contribution in [3.63, 3.8) is 0 Å². The topological polar surface area (TPSA) is 91.7 Å². The number of anilines is 1. The van der Waals surface area contributed by atoms with Gasteiger partial charge in [-0.25, -0.2) is 4.39 Å². The molecule has 1 fully saturated rings.